The molecule has 0 atom stereocenters. The van der Waals surface area contributed by atoms with E-state index in [1.807, 2.05) is 44.1 Å². The van der Waals surface area contributed by atoms with Crippen molar-refractivity contribution in [1.29, 1.82) is 0 Å². The summed E-state index contributed by atoms with van der Waals surface area (Å²) in [6.07, 6.45) is 1.89. The molecule has 0 radical (unpaired) electrons. The van der Waals surface area contributed by atoms with Crippen LogP contribution < -0.4 is 0 Å². The fraction of sp³-hybridized carbons (Fsp3) is 0.444. The maximum Gasteiger partial charge on any atom is 0.292 e. The van der Waals surface area contributed by atoms with Crippen molar-refractivity contribution in [2.45, 2.75) is 19.8 Å². The predicted octanol–water partition coefficient (Wildman–Crippen LogP) is 2.62. The van der Waals surface area contributed by atoms with Crippen molar-refractivity contribution >= 4 is 5.91 Å². The molecule has 0 saturated heterocycles. The van der Waals surface area contributed by atoms with Gasteiger partial charge in [0.25, 0.3) is 5.91 Å². The molecule has 23 heavy (non-hydrogen) atoms. The normalized spacial score (nSPS) is 11.0. The van der Waals surface area contributed by atoms with Crippen LogP contribution in [-0.4, -0.2) is 54.6 Å². The van der Waals surface area contributed by atoms with Gasteiger partial charge in [-0.05, 0) is 39.4 Å². The molecular weight excluding hydrogens is 290 g/mol. The van der Waals surface area contributed by atoms with Crippen molar-refractivity contribution in [3.8, 4) is 0 Å². The second-order valence-corrected chi connectivity index (χ2v) is 6.02. The molecule has 5 heteroatoms. The van der Waals surface area contributed by atoms with Gasteiger partial charge in [0, 0.05) is 25.7 Å². The lowest BCUT2D eigenvalue weighted by Crippen LogP contribution is -2.37. The SMILES string of the molecule is Cc1cc(C(=O)N(CCCc2ccccc2)CCN(C)C)on1. The van der Waals surface area contributed by atoms with Crippen molar-refractivity contribution in [1.82, 2.24) is 15.0 Å². The Morgan fingerprint density at radius 3 is 2.48 bits per heavy atom. The van der Waals surface area contributed by atoms with Crippen LogP contribution in [0.5, 0.6) is 0 Å². The van der Waals surface area contributed by atoms with Gasteiger partial charge in [-0.1, -0.05) is 35.5 Å². The zero-order valence-corrected chi connectivity index (χ0v) is 14.2. The van der Waals surface area contributed by atoms with Gasteiger partial charge in [-0.3, -0.25) is 4.79 Å². The molecule has 1 aromatic heterocycles. The minimum absolute atomic E-state index is 0.0829. The third kappa shape index (κ3) is 5.53. The van der Waals surface area contributed by atoms with E-state index in [2.05, 4.69) is 22.2 Å². The van der Waals surface area contributed by atoms with Crippen LogP contribution in [0.15, 0.2) is 40.9 Å². The van der Waals surface area contributed by atoms with E-state index >= 15 is 0 Å². The summed E-state index contributed by atoms with van der Waals surface area (Å²) in [5, 5.41) is 3.81. The van der Waals surface area contributed by atoms with Crippen molar-refractivity contribution in [2.24, 2.45) is 0 Å². The number of carbonyl (C=O) groups is 1. The number of carbonyl (C=O) groups excluding carboxylic acids is 1. The minimum atomic E-state index is -0.0829. The lowest BCUT2D eigenvalue weighted by atomic mass is 10.1. The molecular formula is C18H25N3O2. The molecule has 1 amide bonds. The molecule has 124 valence electrons. The fourth-order valence-corrected chi connectivity index (χ4v) is 2.37. The number of rotatable bonds is 8. The van der Waals surface area contributed by atoms with Crippen molar-refractivity contribution in [2.75, 3.05) is 33.7 Å². The number of aromatic nitrogens is 1. The van der Waals surface area contributed by atoms with Gasteiger partial charge in [-0.2, -0.15) is 0 Å². The standard InChI is InChI=1S/C18H25N3O2/c1-15-14-17(23-19-15)18(22)21(13-12-20(2)3)11-7-10-16-8-5-4-6-9-16/h4-6,8-9,14H,7,10-13H2,1-3H3. The Hall–Kier alpha value is -2.14. The van der Waals surface area contributed by atoms with Gasteiger partial charge in [0.15, 0.2) is 0 Å². The topological polar surface area (TPSA) is 49.6 Å². The summed E-state index contributed by atoms with van der Waals surface area (Å²) in [4.78, 5) is 16.5. The number of amides is 1. The molecule has 0 spiro atoms. The molecule has 1 heterocycles. The Morgan fingerprint density at radius 1 is 1.13 bits per heavy atom. The molecule has 0 bridgehead atoms. The van der Waals surface area contributed by atoms with Gasteiger partial charge in [-0.15, -0.1) is 0 Å². The molecule has 1 aromatic carbocycles. The highest BCUT2D eigenvalue weighted by Gasteiger charge is 2.19. The monoisotopic (exact) mass is 315 g/mol. The maximum atomic E-state index is 12.6. The second-order valence-electron chi connectivity index (χ2n) is 6.02. The zero-order valence-electron chi connectivity index (χ0n) is 14.2. The number of hydrogen-bond donors (Lipinski definition) is 0. The third-order valence-corrected chi connectivity index (χ3v) is 3.68. The van der Waals surface area contributed by atoms with Crippen LogP contribution in [0, 0.1) is 6.92 Å². The van der Waals surface area contributed by atoms with Crippen LogP contribution in [0.2, 0.25) is 0 Å². The molecule has 0 fully saturated rings. The Balaban J connectivity index is 1.94. The van der Waals surface area contributed by atoms with E-state index in [9.17, 15) is 4.79 Å². The van der Waals surface area contributed by atoms with Gasteiger partial charge in [0.05, 0.1) is 5.69 Å². The third-order valence-electron chi connectivity index (χ3n) is 3.68. The first-order valence-corrected chi connectivity index (χ1v) is 7.97. The smallest absolute Gasteiger partial charge is 0.292 e. The van der Waals surface area contributed by atoms with E-state index in [1.165, 1.54) is 5.56 Å². The molecule has 0 aliphatic rings. The number of nitrogens with zero attached hydrogens (tertiary/aromatic N) is 3. The van der Waals surface area contributed by atoms with Crippen molar-refractivity contribution in [3.63, 3.8) is 0 Å². The Bertz CT molecular complexity index is 608. The average molecular weight is 315 g/mol. The highest BCUT2D eigenvalue weighted by atomic mass is 16.5. The van der Waals surface area contributed by atoms with Crippen LogP contribution in [0.3, 0.4) is 0 Å². The van der Waals surface area contributed by atoms with E-state index in [1.54, 1.807) is 6.07 Å². The Labute approximate surface area is 137 Å². The van der Waals surface area contributed by atoms with Gasteiger partial charge in [0.1, 0.15) is 0 Å². The lowest BCUT2D eigenvalue weighted by molar-refractivity contribution is 0.0701. The molecule has 0 unspecified atom stereocenters. The number of likely N-dealkylation sites (N-methyl/N-ethyl adjacent to an activating group) is 1. The summed E-state index contributed by atoms with van der Waals surface area (Å²) < 4.78 is 5.12. The van der Waals surface area contributed by atoms with Gasteiger partial charge < -0.3 is 14.3 Å². The maximum absolute atomic E-state index is 12.6. The summed E-state index contributed by atoms with van der Waals surface area (Å²) in [5.41, 5.74) is 2.02. The van der Waals surface area contributed by atoms with Crippen LogP contribution >= 0.6 is 0 Å². The van der Waals surface area contributed by atoms with E-state index < -0.39 is 0 Å². The van der Waals surface area contributed by atoms with Gasteiger partial charge in [-0.25, -0.2) is 0 Å². The number of hydrogen-bond acceptors (Lipinski definition) is 4. The first-order valence-electron chi connectivity index (χ1n) is 7.97. The summed E-state index contributed by atoms with van der Waals surface area (Å²) in [7, 11) is 4.01. The average Bonchev–Trinajstić information content (AvgIpc) is 2.97. The summed E-state index contributed by atoms with van der Waals surface area (Å²) >= 11 is 0. The Morgan fingerprint density at radius 2 is 1.87 bits per heavy atom. The molecule has 0 saturated carbocycles. The predicted molar refractivity (Wildman–Crippen MR) is 90.5 cm³/mol. The van der Waals surface area contributed by atoms with Crippen molar-refractivity contribution < 1.29 is 9.32 Å². The molecule has 5 nitrogen and oxygen atoms in total. The van der Waals surface area contributed by atoms with Crippen LogP contribution in [0.25, 0.3) is 0 Å². The molecule has 0 aliphatic heterocycles. The van der Waals surface area contributed by atoms with Gasteiger partial charge >= 0.3 is 0 Å². The van der Waals surface area contributed by atoms with E-state index in [0.29, 0.717) is 18.8 Å². The molecule has 0 N–H and O–H groups in total. The van der Waals surface area contributed by atoms with E-state index in [4.69, 9.17) is 4.52 Å². The number of benzene rings is 1. The van der Waals surface area contributed by atoms with Crippen LogP contribution in [0.1, 0.15) is 28.2 Å². The summed E-state index contributed by atoms with van der Waals surface area (Å²) in [5.74, 6) is 0.237. The van der Waals surface area contributed by atoms with Gasteiger partial charge in [0.2, 0.25) is 5.76 Å². The molecule has 2 aromatic rings. The fourth-order valence-electron chi connectivity index (χ4n) is 2.37. The van der Waals surface area contributed by atoms with Crippen molar-refractivity contribution in [3.05, 3.63) is 53.4 Å². The van der Waals surface area contributed by atoms with E-state index in [-0.39, 0.29) is 5.91 Å². The minimum Gasteiger partial charge on any atom is -0.351 e. The van der Waals surface area contributed by atoms with Crippen LogP contribution in [0.4, 0.5) is 0 Å². The summed E-state index contributed by atoms with van der Waals surface area (Å²) in [6.45, 7) is 4.03. The molecule has 2 rings (SSSR count). The highest BCUT2D eigenvalue weighted by Crippen LogP contribution is 2.09. The zero-order chi connectivity index (χ0) is 16.7. The lowest BCUT2D eigenvalue weighted by Gasteiger charge is -2.23. The van der Waals surface area contributed by atoms with E-state index in [0.717, 1.165) is 25.1 Å². The number of aryl methyl sites for hydroxylation is 2. The second kappa shape index (κ2) is 8.48. The quantitative estimate of drug-likeness (QED) is 0.751. The Kier molecular flexibility index (Phi) is 6.35. The first-order chi connectivity index (χ1) is 11.1. The molecule has 0 aliphatic carbocycles. The first kappa shape index (κ1) is 17.2. The van der Waals surface area contributed by atoms with Crippen LogP contribution in [-0.2, 0) is 6.42 Å². The highest BCUT2D eigenvalue weighted by molar-refractivity contribution is 5.91. The largest absolute Gasteiger partial charge is 0.351 e. The summed E-state index contributed by atoms with van der Waals surface area (Å²) in [6, 6.07) is 12.0.